The van der Waals surface area contributed by atoms with E-state index in [0.29, 0.717) is 17.5 Å². The molecular formula is C17H26Cl3N3O. The Bertz CT molecular complexity index is 530. The lowest BCUT2D eigenvalue weighted by Gasteiger charge is -2.30. The summed E-state index contributed by atoms with van der Waals surface area (Å²) in [6.07, 6.45) is 6.49. The number of nitrogens with one attached hydrogen (secondary N) is 2. The van der Waals surface area contributed by atoms with Gasteiger partial charge in [-0.15, -0.1) is 24.8 Å². The number of nitrogens with zero attached hydrogens (tertiary/aromatic N) is 1. The molecule has 1 atom stereocenters. The van der Waals surface area contributed by atoms with E-state index in [0.717, 1.165) is 43.9 Å². The van der Waals surface area contributed by atoms with Crippen molar-refractivity contribution in [3.05, 3.63) is 23.2 Å². The first-order valence-electron chi connectivity index (χ1n) is 8.30. The lowest BCUT2D eigenvalue weighted by atomic mass is 10.1. The summed E-state index contributed by atoms with van der Waals surface area (Å²) >= 11 is 6.13. The zero-order valence-corrected chi connectivity index (χ0v) is 16.1. The molecule has 2 fully saturated rings. The van der Waals surface area contributed by atoms with Crippen LogP contribution in [-0.2, 0) is 4.79 Å². The number of amides is 1. The summed E-state index contributed by atoms with van der Waals surface area (Å²) in [5.41, 5.74) is 1.94. The van der Waals surface area contributed by atoms with Crippen LogP contribution in [0.25, 0.3) is 0 Å². The van der Waals surface area contributed by atoms with Gasteiger partial charge in [0.05, 0.1) is 11.4 Å². The fraction of sp³-hybridized carbons (Fsp3) is 0.588. The monoisotopic (exact) mass is 393 g/mol. The highest BCUT2D eigenvalue weighted by Crippen LogP contribution is 2.31. The van der Waals surface area contributed by atoms with E-state index in [1.54, 1.807) is 0 Å². The van der Waals surface area contributed by atoms with Crippen LogP contribution in [0.5, 0.6) is 0 Å². The number of piperidine rings is 1. The minimum absolute atomic E-state index is 0. The van der Waals surface area contributed by atoms with Crippen LogP contribution in [-0.4, -0.2) is 31.6 Å². The smallest absolute Gasteiger partial charge is 0.225 e. The third-order valence-corrected chi connectivity index (χ3v) is 4.76. The van der Waals surface area contributed by atoms with Crippen LogP contribution in [0, 0.1) is 0 Å². The average Bonchev–Trinajstić information content (AvgIpc) is 3.01. The molecule has 24 heavy (non-hydrogen) atoms. The highest BCUT2D eigenvalue weighted by Gasteiger charge is 2.20. The minimum atomic E-state index is 0. The van der Waals surface area contributed by atoms with Crippen molar-refractivity contribution >= 4 is 53.7 Å². The maximum atomic E-state index is 12.3. The molecule has 1 aromatic rings. The lowest BCUT2D eigenvalue weighted by Crippen LogP contribution is -2.31. The van der Waals surface area contributed by atoms with Gasteiger partial charge < -0.3 is 15.5 Å². The molecule has 7 heteroatoms. The molecule has 2 heterocycles. The second kappa shape index (κ2) is 10.3. The molecule has 0 radical (unpaired) electrons. The minimum Gasteiger partial charge on any atom is -0.370 e. The van der Waals surface area contributed by atoms with Crippen molar-refractivity contribution in [3.8, 4) is 0 Å². The molecule has 0 saturated carbocycles. The molecule has 136 valence electrons. The maximum Gasteiger partial charge on any atom is 0.225 e. The van der Waals surface area contributed by atoms with Crippen molar-refractivity contribution in [3.63, 3.8) is 0 Å². The Balaban J connectivity index is 0.00000144. The summed E-state index contributed by atoms with van der Waals surface area (Å²) in [6.45, 7) is 3.12. The summed E-state index contributed by atoms with van der Waals surface area (Å²) in [4.78, 5) is 14.7. The van der Waals surface area contributed by atoms with Crippen molar-refractivity contribution < 1.29 is 4.79 Å². The summed E-state index contributed by atoms with van der Waals surface area (Å²) in [5, 5.41) is 7.10. The second-order valence-electron chi connectivity index (χ2n) is 6.25. The van der Waals surface area contributed by atoms with Crippen LogP contribution in [0.2, 0.25) is 5.02 Å². The number of hydrogen-bond acceptors (Lipinski definition) is 3. The van der Waals surface area contributed by atoms with Crippen molar-refractivity contribution in [2.75, 3.05) is 29.9 Å². The molecule has 1 unspecified atom stereocenters. The van der Waals surface area contributed by atoms with Gasteiger partial charge in [-0.3, -0.25) is 4.79 Å². The second-order valence-corrected chi connectivity index (χ2v) is 6.69. The average molecular weight is 395 g/mol. The lowest BCUT2D eigenvalue weighted by molar-refractivity contribution is -0.116. The summed E-state index contributed by atoms with van der Waals surface area (Å²) in [6, 6.07) is 6.11. The molecule has 3 rings (SSSR count). The van der Waals surface area contributed by atoms with Gasteiger partial charge in [-0.2, -0.15) is 0 Å². The van der Waals surface area contributed by atoms with Crippen molar-refractivity contribution in [1.82, 2.24) is 5.32 Å². The van der Waals surface area contributed by atoms with E-state index in [9.17, 15) is 4.79 Å². The van der Waals surface area contributed by atoms with Crippen molar-refractivity contribution in [2.24, 2.45) is 0 Å². The molecule has 0 bridgehead atoms. The van der Waals surface area contributed by atoms with E-state index in [1.165, 1.54) is 19.3 Å². The van der Waals surface area contributed by atoms with Gasteiger partial charge in [0, 0.05) is 30.6 Å². The Labute approximate surface area is 161 Å². The topological polar surface area (TPSA) is 44.4 Å². The number of carbonyl (C=O) groups excluding carboxylic acids is 1. The van der Waals surface area contributed by atoms with Crippen molar-refractivity contribution in [2.45, 2.75) is 44.6 Å². The van der Waals surface area contributed by atoms with Crippen LogP contribution >= 0.6 is 36.4 Å². The van der Waals surface area contributed by atoms with Crippen LogP contribution in [0.1, 0.15) is 38.5 Å². The van der Waals surface area contributed by atoms with E-state index >= 15 is 0 Å². The largest absolute Gasteiger partial charge is 0.370 e. The Morgan fingerprint density at radius 1 is 1.21 bits per heavy atom. The standard InChI is InChI=1S/C17H24ClN3O.2ClH/c18-13-6-7-16(21-9-2-1-3-10-21)15(11-13)20-17(22)12-14-5-4-8-19-14;;/h6-7,11,14,19H,1-5,8-10,12H2,(H,20,22);2*1H. The first-order chi connectivity index (χ1) is 10.7. The molecule has 1 amide bonds. The first kappa shape index (κ1) is 21.4. The van der Waals surface area contributed by atoms with Gasteiger partial charge >= 0.3 is 0 Å². The predicted octanol–water partition coefficient (Wildman–Crippen LogP) is 4.25. The van der Waals surface area contributed by atoms with E-state index in [-0.39, 0.29) is 30.7 Å². The van der Waals surface area contributed by atoms with E-state index in [2.05, 4.69) is 15.5 Å². The van der Waals surface area contributed by atoms with Crippen LogP contribution in [0.3, 0.4) is 0 Å². The fourth-order valence-electron chi connectivity index (χ4n) is 3.37. The molecule has 2 saturated heterocycles. The van der Waals surface area contributed by atoms with Gasteiger partial charge in [-0.1, -0.05) is 11.6 Å². The number of benzene rings is 1. The Morgan fingerprint density at radius 3 is 2.62 bits per heavy atom. The molecule has 4 nitrogen and oxygen atoms in total. The number of halogens is 3. The zero-order valence-electron chi connectivity index (χ0n) is 13.7. The van der Waals surface area contributed by atoms with Gasteiger partial charge in [0.1, 0.15) is 0 Å². The number of anilines is 2. The van der Waals surface area contributed by atoms with Gasteiger partial charge in [0.15, 0.2) is 0 Å². The predicted molar refractivity (Wildman–Crippen MR) is 106 cm³/mol. The summed E-state index contributed by atoms with van der Waals surface area (Å²) < 4.78 is 0. The molecule has 0 spiro atoms. The molecule has 2 N–H and O–H groups in total. The Hall–Kier alpha value is -0.680. The highest BCUT2D eigenvalue weighted by molar-refractivity contribution is 6.31. The quantitative estimate of drug-likeness (QED) is 0.802. The molecule has 0 aromatic heterocycles. The number of carbonyl (C=O) groups is 1. The number of hydrogen-bond donors (Lipinski definition) is 2. The van der Waals surface area contributed by atoms with E-state index in [1.807, 2.05) is 18.2 Å². The Kier molecular flexibility index (Phi) is 9.21. The van der Waals surface area contributed by atoms with Gasteiger partial charge in [-0.05, 0) is 56.8 Å². The Morgan fingerprint density at radius 2 is 1.96 bits per heavy atom. The van der Waals surface area contributed by atoms with Gasteiger partial charge in [0.2, 0.25) is 5.91 Å². The van der Waals surface area contributed by atoms with Crippen LogP contribution in [0.4, 0.5) is 11.4 Å². The third-order valence-electron chi connectivity index (χ3n) is 4.52. The van der Waals surface area contributed by atoms with Crippen LogP contribution < -0.4 is 15.5 Å². The summed E-state index contributed by atoms with van der Waals surface area (Å²) in [5.74, 6) is 0.0694. The van der Waals surface area contributed by atoms with E-state index in [4.69, 9.17) is 11.6 Å². The summed E-state index contributed by atoms with van der Waals surface area (Å²) in [7, 11) is 0. The van der Waals surface area contributed by atoms with Crippen LogP contribution in [0.15, 0.2) is 18.2 Å². The molecule has 0 aliphatic carbocycles. The highest BCUT2D eigenvalue weighted by atomic mass is 35.5. The SMILES string of the molecule is Cl.Cl.O=C(CC1CCCN1)Nc1cc(Cl)ccc1N1CCCCC1. The fourth-order valence-corrected chi connectivity index (χ4v) is 3.55. The number of rotatable bonds is 4. The normalized spacial score (nSPS) is 20.0. The van der Waals surface area contributed by atoms with E-state index < -0.39 is 0 Å². The van der Waals surface area contributed by atoms with Crippen molar-refractivity contribution in [1.29, 1.82) is 0 Å². The molecule has 2 aliphatic rings. The third kappa shape index (κ3) is 5.69. The molecular weight excluding hydrogens is 369 g/mol. The zero-order chi connectivity index (χ0) is 15.4. The first-order valence-corrected chi connectivity index (χ1v) is 8.68. The molecule has 1 aromatic carbocycles. The van der Waals surface area contributed by atoms with Gasteiger partial charge in [0.25, 0.3) is 0 Å². The molecule has 2 aliphatic heterocycles. The maximum absolute atomic E-state index is 12.3. The van der Waals surface area contributed by atoms with Gasteiger partial charge in [-0.25, -0.2) is 0 Å².